The third-order valence-electron chi connectivity index (χ3n) is 4.18. The summed E-state index contributed by atoms with van der Waals surface area (Å²) >= 11 is 0. The lowest BCUT2D eigenvalue weighted by molar-refractivity contribution is -0.156. The second-order valence-corrected chi connectivity index (χ2v) is 8.46. The molecule has 2 rings (SSSR count). The van der Waals surface area contributed by atoms with E-state index in [4.69, 9.17) is 21.3 Å². The summed E-state index contributed by atoms with van der Waals surface area (Å²) in [6.07, 6.45) is 0.894. The van der Waals surface area contributed by atoms with Gasteiger partial charge < -0.3 is 21.3 Å². The lowest BCUT2D eigenvalue weighted by Gasteiger charge is -2.22. The van der Waals surface area contributed by atoms with Crippen LogP contribution in [0.2, 0.25) is 0 Å². The van der Waals surface area contributed by atoms with Gasteiger partial charge in [-0.1, -0.05) is 59.7 Å². The fourth-order valence-corrected chi connectivity index (χ4v) is 2.50. The second kappa shape index (κ2) is 11.5. The SMILES string of the molecule is Cc1ccc(C[C@H](N)C(=O)O)cc1.Cc1ccc(C[C@H](N)C(=O)OC(C)(C)C)cc1. The minimum Gasteiger partial charge on any atom is -0.480 e. The maximum atomic E-state index is 11.7. The van der Waals surface area contributed by atoms with Crippen LogP contribution in [0.25, 0.3) is 0 Å². The topological polar surface area (TPSA) is 116 Å². The van der Waals surface area contributed by atoms with Crippen molar-refractivity contribution in [1.29, 1.82) is 0 Å². The third-order valence-corrected chi connectivity index (χ3v) is 4.18. The van der Waals surface area contributed by atoms with Gasteiger partial charge in [0.2, 0.25) is 0 Å². The van der Waals surface area contributed by atoms with Gasteiger partial charge in [0.1, 0.15) is 17.7 Å². The predicted octanol–water partition coefficient (Wildman–Crippen LogP) is 3.16. The van der Waals surface area contributed by atoms with Crippen molar-refractivity contribution in [3.8, 4) is 0 Å². The molecule has 0 aliphatic rings. The smallest absolute Gasteiger partial charge is 0.323 e. The van der Waals surface area contributed by atoms with Crippen molar-refractivity contribution < 1.29 is 19.4 Å². The Labute approximate surface area is 179 Å². The molecule has 0 aliphatic heterocycles. The number of nitrogens with two attached hydrogens (primary N) is 2. The molecule has 0 spiro atoms. The van der Waals surface area contributed by atoms with Crippen molar-refractivity contribution in [2.75, 3.05) is 0 Å². The third kappa shape index (κ3) is 10.2. The lowest BCUT2D eigenvalue weighted by atomic mass is 10.0. The molecule has 0 bridgehead atoms. The molecule has 0 unspecified atom stereocenters. The van der Waals surface area contributed by atoms with Crippen LogP contribution < -0.4 is 11.5 Å². The van der Waals surface area contributed by atoms with E-state index in [1.54, 1.807) is 0 Å². The summed E-state index contributed by atoms with van der Waals surface area (Å²) < 4.78 is 5.23. The first-order valence-electron chi connectivity index (χ1n) is 9.95. The number of carboxylic acid groups (broad SMARTS) is 1. The molecule has 2 aromatic rings. The molecule has 164 valence electrons. The molecule has 2 atom stereocenters. The van der Waals surface area contributed by atoms with E-state index in [1.807, 2.05) is 83.1 Å². The number of carboxylic acids is 1. The van der Waals surface area contributed by atoms with Crippen molar-refractivity contribution in [2.45, 2.75) is 65.1 Å². The van der Waals surface area contributed by atoms with Crippen LogP contribution in [0.3, 0.4) is 0 Å². The maximum absolute atomic E-state index is 11.7. The van der Waals surface area contributed by atoms with Crippen LogP contribution in [0, 0.1) is 13.8 Å². The molecule has 2 aromatic carbocycles. The van der Waals surface area contributed by atoms with E-state index in [0.29, 0.717) is 12.8 Å². The average molecular weight is 415 g/mol. The van der Waals surface area contributed by atoms with E-state index in [-0.39, 0.29) is 5.97 Å². The van der Waals surface area contributed by atoms with Crippen molar-refractivity contribution in [3.63, 3.8) is 0 Å². The number of hydrogen-bond donors (Lipinski definition) is 3. The molecule has 0 radical (unpaired) electrons. The van der Waals surface area contributed by atoms with Gasteiger partial charge in [-0.25, -0.2) is 0 Å². The second-order valence-electron chi connectivity index (χ2n) is 8.46. The number of hydrogen-bond acceptors (Lipinski definition) is 5. The Kier molecular flexibility index (Phi) is 9.69. The van der Waals surface area contributed by atoms with Gasteiger partial charge in [-0.15, -0.1) is 0 Å². The van der Waals surface area contributed by atoms with Gasteiger partial charge >= 0.3 is 11.9 Å². The first-order valence-corrected chi connectivity index (χ1v) is 9.95. The Hall–Kier alpha value is -2.70. The van der Waals surface area contributed by atoms with E-state index in [2.05, 4.69) is 0 Å². The van der Waals surface area contributed by atoms with Gasteiger partial charge in [0, 0.05) is 0 Å². The standard InChI is InChI=1S/C14H21NO2.C10H13NO2/c1-10-5-7-11(8-6-10)9-12(15)13(16)17-14(2,3)4;1-7-2-4-8(5-3-7)6-9(11)10(12)13/h5-8,12H,9,15H2,1-4H3;2-5,9H,6,11H2,1H3,(H,12,13)/t12-;9-/m00/s1. The number of ether oxygens (including phenoxy) is 1. The van der Waals surface area contributed by atoms with E-state index < -0.39 is 23.7 Å². The summed E-state index contributed by atoms with van der Waals surface area (Å²) in [5.74, 6) is -1.31. The first kappa shape index (κ1) is 25.3. The molecule has 6 heteroatoms. The fraction of sp³-hybridized carbons (Fsp3) is 0.417. The number of benzene rings is 2. The zero-order chi connectivity index (χ0) is 22.9. The molecular formula is C24H34N2O4. The molecule has 6 nitrogen and oxygen atoms in total. The van der Waals surface area contributed by atoms with Crippen molar-refractivity contribution >= 4 is 11.9 Å². The van der Waals surface area contributed by atoms with E-state index in [9.17, 15) is 9.59 Å². The summed E-state index contributed by atoms with van der Waals surface area (Å²) in [6, 6.07) is 14.3. The lowest BCUT2D eigenvalue weighted by Crippen LogP contribution is -2.38. The van der Waals surface area contributed by atoms with Gasteiger partial charge in [0.25, 0.3) is 0 Å². The molecule has 0 saturated heterocycles. The highest BCUT2D eigenvalue weighted by atomic mass is 16.6. The number of aryl methyl sites for hydroxylation is 2. The molecule has 0 fully saturated rings. The zero-order valence-electron chi connectivity index (χ0n) is 18.5. The summed E-state index contributed by atoms with van der Waals surface area (Å²) in [7, 11) is 0. The van der Waals surface area contributed by atoms with Crippen LogP contribution in [0.5, 0.6) is 0 Å². The molecule has 30 heavy (non-hydrogen) atoms. The summed E-state index contributed by atoms with van der Waals surface area (Å²) in [6.45, 7) is 9.52. The number of esters is 1. The van der Waals surface area contributed by atoms with E-state index in [0.717, 1.165) is 16.7 Å². The van der Waals surface area contributed by atoms with E-state index >= 15 is 0 Å². The quantitative estimate of drug-likeness (QED) is 0.625. The largest absolute Gasteiger partial charge is 0.480 e. The molecule has 0 aliphatic carbocycles. The summed E-state index contributed by atoms with van der Waals surface area (Å²) in [5.41, 5.74) is 15.1. The van der Waals surface area contributed by atoms with Gasteiger partial charge in [-0.05, 0) is 58.6 Å². The number of aliphatic carboxylic acids is 1. The van der Waals surface area contributed by atoms with Gasteiger partial charge in [0.05, 0.1) is 0 Å². The van der Waals surface area contributed by atoms with Gasteiger partial charge in [-0.3, -0.25) is 9.59 Å². The van der Waals surface area contributed by atoms with Gasteiger partial charge in [-0.2, -0.15) is 0 Å². The highest BCUT2D eigenvalue weighted by Gasteiger charge is 2.22. The van der Waals surface area contributed by atoms with Crippen LogP contribution in [-0.4, -0.2) is 34.7 Å². The van der Waals surface area contributed by atoms with Crippen molar-refractivity contribution in [2.24, 2.45) is 11.5 Å². The molecule has 0 amide bonds. The van der Waals surface area contributed by atoms with Gasteiger partial charge in [0.15, 0.2) is 0 Å². The monoisotopic (exact) mass is 414 g/mol. The van der Waals surface area contributed by atoms with Crippen LogP contribution in [0.15, 0.2) is 48.5 Å². The first-order chi connectivity index (χ1) is 13.9. The van der Waals surface area contributed by atoms with Crippen molar-refractivity contribution in [1.82, 2.24) is 0 Å². The maximum Gasteiger partial charge on any atom is 0.323 e. The summed E-state index contributed by atoms with van der Waals surface area (Å²) in [5, 5.41) is 8.57. The Bertz CT molecular complexity index is 809. The van der Waals surface area contributed by atoms with Crippen LogP contribution >= 0.6 is 0 Å². The number of rotatable bonds is 6. The Morgan fingerprint density at radius 3 is 1.53 bits per heavy atom. The number of carbonyl (C=O) groups is 2. The minimum absolute atomic E-state index is 0.349. The average Bonchev–Trinajstić information content (AvgIpc) is 2.64. The van der Waals surface area contributed by atoms with Crippen LogP contribution in [-0.2, 0) is 27.2 Å². The Morgan fingerprint density at radius 1 is 0.833 bits per heavy atom. The predicted molar refractivity (Wildman–Crippen MR) is 119 cm³/mol. The van der Waals surface area contributed by atoms with E-state index in [1.165, 1.54) is 5.56 Å². The van der Waals surface area contributed by atoms with Crippen LogP contribution in [0.1, 0.15) is 43.0 Å². The number of carbonyl (C=O) groups excluding carboxylic acids is 1. The molecule has 0 heterocycles. The molecule has 0 aromatic heterocycles. The van der Waals surface area contributed by atoms with Crippen LogP contribution in [0.4, 0.5) is 0 Å². The molecule has 0 saturated carbocycles. The zero-order valence-corrected chi connectivity index (χ0v) is 18.5. The highest BCUT2D eigenvalue weighted by Crippen LogP contribution is 2.11. The van der Waals surface area contributed by atoms with Crippen molar-refractivity contribution in [3.05, 3.63) is 70.8 Å². The minimum atomic E-state index is -0.958. The molecular weight excluding hydrogens is 380 g/mol. The normalized spacial score (nSPS) is 12.9. The fourth-order valence-electron chi connectivity index (χ4n) is 2.50. The Morgan fingerprint density at radius 2 is 1.20 bits per heavy atom. The summed E-state index contributed by atoms with van der Waals surface area (Å²) in [4.78, 5) is 22.1. The molecule has 5 N–H and O–H groups in total. The Balaban J connectivity index is 0.000000311. The highest BCUT2D eigenvalue weighted by molar-refractivity contribution is 5.76.